The standard InChI is InChI=1S/C14H15N3O3/c1-9-8-17(6-7-20-9)14(19)12-10-4-2-3-5-11(10)13(18)16-15-12/h2-5,9H,6-8H2,1H3,(H,16,18). The van der Waals surface area contributed by atoms with Crippen LogP contribution in [-0.4, -0.2) is 46.8 Å². The van der Waals surface area contributed by atoms with E-state index in [2.05, 4.69) is 10.2 Å². The van der Waals surface area contributed by atoms with E-state index in [0.29, 0.717) is 30.5 Å². The molecule has 0 saturated carbocycles. The van der Waals surface area contributed by atoms with E-state index in [1.54, 1.807) is 29.2 Å². The Kier molecular flexibility index (Phi) is 3.23. The number of benzene rings is 1. The van der Waals surface area contributed by atoms with Crippen molar-refractivity contribution in [3.63, 3.8) is 0 Å². The highest BCUT2D eigenvalue weighted by atomic mass is 16.5. The fourth-order valence-corrected chi connectivity index (χ4v) is 2.43. The molecule has 1 N–H and O–H groups in total. The molecule has 2 heterocycles. The number of aromatic amines is 1. The zero-order valence-corrected chi connectivity index (χ0v) is 11.1. The highest BCUT2D eigenvalue weighted by Gasteiger charge is 2.25. The zero-order chi connectivity index (χ0) is 14.1. The van der Waals surface area contributed by atoms with Gasteiger partial charge >= 0.3 is 0 Å². The number of amides is 1. The molecule has 6 heteroatoms. The summed E-state index contributed by atoms with van der Waals surface area (Å²) in [6.07, 6.45) is 0.0155. The van der Waals surface area contributed by atoms with Crippen molar-refractivity contribution in [2.45, 2.75) is 13.0 Å². The van der Waals surface area contributed by atoms with Crippen molar-refractivity contribution in [3.05, 3.63) is 40.3 Å². The number of fused-ring (bicyclic) bond motifs is 1. The van der Waals surface area contributed by atoms with E-state index >= 15 is 0 Å². The molecule has 1 fully saturated rings. The maximum atomic E-state index is 12.6. The van der Waals surface area contributed by atoms with Gasteiger partial charge in [0.05, 0.1) is 18.1 Å². The minimum absolute atomic E-state index is 0.0155. The lowest BCUT2D eigenvalue weighted by Gasteiger charge is -2.31. The van der Waals surface area contributed by atoms with Gasteiger partial charge in [-0.2, -0.15) is 5.10 Å². The van der Waals surface area contributed by atoms with E-state index in [0.717, 1.165) is 0 Å². The van der Waals surface area contributed by atoms with Gasteiger partial charge in [0.2, 0.25) is 0 Å². The first-order chi connectivity index (χ1) is 9.66. The fraction of sp³-hybridized carbons (Fsp3) is 0.357. The third-order valence-corrected chi connectivity index (χ3v) is 3.43. The predicted molar refractivity (Wildman–Crippen MR) is 73.7 cm³/mol. The molecule has 0 spiro atoms. The van der Waals surface area contributed by atoms with Crippen molar-refractivity contribution in [3.8, 4) is 0 Å². The maximum Gasteiger partial charge on any atom is 0.275 e. The fourth-order valence-electron chi connectivity index (χ4n) is 2.43. The maximum absolute atomic E-state index is 12.6. The largest absolute Gasteiger partial charge is 0.375 e. The summed E-state index contributed by atoms with van der Waals surface area (Å²) in [4.78, 5) is 26.0. The molecule has 6 nitrogen and oxygen atoms in total. The third kappa shape index (κ3) is 2.18. The number of aromatic nitrogens is 2. The summed E-state index contributed by atoms with van der Waals surface area (Å²) < 4.78 is 5.43. The van der Waals surface area contributed by atoms with Gasteiger partial charge in [0, 0.05) is 18.5 Å². The van der Waals surface area contributed by atoms with Crippen molar-refractivity contribution < 1.29 is 9.53 Å². The predicted octanol–water partition coefficient (Wildman–Crippen LogP) is 0.784. The Bertz CT molecular complexity index is 710. The van der Waals surface area contributed by atoms with Crippen LogP contribution in [0, 0.1) is 0 Å². The number of rotatable bonds is 1. The molecule has 1 amide bonds. The van der Waals surface area contributed by atoms with Gasteiger partial charge in [-0.25, -0.2) is 5.10 Å². The van der Waals surface area contributed by atoms with Gasteiger partial charge in [0.1, 0.15) is 0 Å². The molecule has 1 saturated heterocycles. The Hall–Kier alpha value is -2.21. The Balaban J connectivity index is 2.04. The van der Waals surface area contributed by atoms with Crippen LogP contribution in [0.15, 0.2) is 29.1 Å². The van der Waals surface area contributed by atoms with E-state index in [4.69, 9.17) is 4.74 Å². The van der Waals surface area contributed by atoms with E-state index in [-0.39, 0.29) is 23.3 Å². The summed E-state index contributed by atoms with van der Waals surface area (Å²) in [5, 5.41) is 7.39. The lowest BCUT2D eigenvalue weighted by atomic mass is 10.1. The lowest BCUT2D eigenvalue weighted by Crippen LogP contribution is -2.45. The smallest absolute Gasteiger partial charge is 0.275 e. The van der Waals surface area contributed by atoms with E-state index in [1.807, 2.05) is 6.92 Å². The number of nitrogens with one attached hydrogen (secondary N) is 1. The van der Waals surface area contributed by atoms with Crippen LogP contribution in [0.4, 0.5) is 0 Å². The second-order valence-electron chi connectivity index (χ2n) is 4.88. The molecule has 1 atom stereocenters. The Labute approximate surface area is 115 Å². The van der Waals surface area contributed by atoms with Gasteiger partial charge in [-0.15, -0.1) is 0 Å². The summed E-state index contributed by atoms with van der Waals surface area (Å²) in [6.45, 7) is 3.53. The average molecular weight is 273 g/mol. The van der Waals surface area contributed by atoms with Crippen LogP contribution in [0.3, 0.4) is 0 Å². The van der Waals surface area contributed by atoms with Gasteiger partial charge in [-0.1, -0.05) is 18.2 Å². The quantitative estimate of drug-likeness (QED) is 0.833. The normalized spacial score (nSPS) is 19.2. The zero-order valence-electron chi connectivity index (χ0n) is 11.1. The number of morpholine rings is 1. The SMILES string of the molecule is CC1CN(C(=O)c2n[nH]c(=O)c3ccccc23)CCO1. The number of carbonyl (C=O) groups excluding carboxylic acids is 1. The Morgan fingerprint density at radius 3 is 2.90 bits per heavy atom. The molecule has 1 aromatic carbocycles. The lowest BCUT2D eigenvalue weighted by molar-refractivity contribution is -0.0125. The molecule has 3 rings (SSSR count). The topological polar surface area (TPSA) is 75.3 Å². The van der Waals surface area contributed by atoms with Crippen LogP contribution in [0.5, 0.6) is 0 Å². The Morgan fingerprint density at radius 1 is 1.40 bits per heavy atom. The van der Waals surface area contributed by atoms with Crippen LogP contribution < -0.4 is 5.56 Å². The molecule has 0 radical (unpaired) electrons. The van der Waals surface area contributed by atoms with Gasteiger partial charge < -0.3 is 9.64 Å². The summed E-state index contributed by atoms with van der Waals surface area (Å²) in [6, 6.07) is 6.99. The second kappa shape index (κ2) is 5.05. The summed E-state index contributed by atoms with van der Waals surface area (Å²) in [7, 11) is 0. The van der Waals surface area contributed by atoms with Crippen LogP contribution >= 0.6 is 0 Å². The van der Waals surface area contributed by atoms with Crippen LogP contribution in [0.25, 0.3) is 10.8 Å². The number of hydrogen-bond acceptors (Lipinski definition) is 4. The Morgan fingerprint density at radius 2 is 2.15 bits per heavy atom. The molecule has 20 heavy (non-hydrogen) atoms. The van der Waals surface area contributed by atoms with Crippen molar-refractivity contribution in [2.75, 3.05) is 19.7 Å². The van der Waals surface area contributed by atoms with Crippen LogP contribution in [-0.2, 0) is 4.74 Å². The number of hydrogen-bond donors (Lipinski definition) is 1. The van der Waals surface area contributed by atoms with E-state index < -0.39 is 0 Å². The minimum Gasteiger partial charge on any atom is -0.375 e. The summed E-state index contributed by atoms with van der Waals surface area (Å²) >= 11 is 0. The van der Waals surface area contributed by atoms with Crippen LogP contribution in [0.2, 0.25) is 0 Å². The van der Waals surface area contributed by atoms with Crippen LogP contribution in [0.1, 0.15) is 17.4 Å². The van der Waals surface area contributed by atoms with Crippen molar-refractivity contribution in [2.24, 2.45) is 0 Å². The summed E-state index contributed by atoms with van der Waals surface area (Å²) in [5.41, 5.74) is 0.00166. The number of nitrogens with zero attached hydrogens (tertiary/aromatic N) is 2. The first-order valence-electron chi connectivity index (χ1n) is 6.55. The minimum atomic E-state index is -0.285. The summed E-state index contributed by atoms with van der Waals surface area (Å²) in [5.74, 6) is -0.174. The van der Waals surface area contributed by atoms with Gasteiger partial charge in [-0.05, 0) is 13.0 Å². The molecule has 104 valence electrons. The van der Waals surface area contributed by atoms with Gasteiger partial charge in [0.25, 0.3) is 11.5 Å². The van der Waals surface area contributed by atoms with Gasteiger partial charge in [-0.3, -0.25) is 9.59 Å². The average Bonchev–Trinajstić information content (AvgIpc) is 2.47. The molecule has 2 aromatic rings. The molecule has 0 aliphatic carbocycles. The van der Waals surface area contributed by atoms with Crippen molar-refractivity contribution in [1.29, 1.82) is 0 Å². The monoisotopic (exact) mass is 273 g/mol. The molecular weight excluding hydrogens is 258 g/mol. The number of carbonyl (C=O) groups is 1. The molecule has 1 unspecified atom stereocenters. The third-order valence-electron chi connectivity index (χ3n) is 3.43. The first kappa shape index (κ1) is 12.8. The molecule has 1 aliphatic heterocycles. The highest BCUT2D eigenvalue weighted by Crippen LogP contribution is 2.16. The molecule has 0 bridgehead atoms. The molecule has 1 aliphatic rings. The molecular formula is C14H15N3O3. The first-order valence-corrected chi connectivity index (χ1v) is 6.55. The second-order valence-corrected chi connectivity index (χ2v) is 4.88. The van der Waals surface area contributed by atoms with E-state index in [9.17, 15) is 9.59 Å². The number of ether oxygens (including phenoxy) is 1. The highest BCUT2D eigenvalue weighted by molar-refractivity contribution is 6.04. The van der Waals surface area contributed by atoms with Gasteiger partial charge in [0.15, 0.2) is 5.69 Å². The van der Waals surface area contributed by atoms with E-state index in [1.165, 1.54) is 0 Å². The number of H-pyrrole nitrogens is 1. The van der Waals surface area contributed by atoms with Crippen molar-refractivity contribution >= 4 is 16.7 Å². The van der Waals surface area contributed by atoms with Crippen molar-refractivity contribution in [1.82, 2.24) is 15.1 Å². The molecule has 1 aromatic heterocycles.